The molecule has 0 saturated carbocycles. The number of hydrogen-bond acceptors (Lipinski definition) is 3. The second kappa shape index (κ2) is 7.22. The van der Waals surface area contributed by atoms with E-state index in [1.165, 1.54) is 0 Å². The predicted molar refractivity (Wildman–Crippen MR) is 108 cm³/mol. The van der Waals surface area contributed by atoms with E-state index in [0.717, 1.165) is 33.0 Å². The van der Waals surface area contributed by atoms with E-state index >= 15 is 0 Å². The first-order valence-corrected chi connectivity index (χ1v) is 10.6. The van der Waals surface area contributed by atoms with Crippen LogP contribution in [0.5, 0.6) is 0 Å². The van der Waals surface area contributed by atoms with Gasteiger partial charge in [0.2, 0.25) is 10.0 Å². The van der Waals surface area contributed by atoms with Gasteiger partial charge in [-0.3, -0.25) is 0 Å². The van der Waals surface area contributed by atoms with Crippen molar-refractivity contribution in [3.63, 3.8) is 0 Å². The molecule has 3 rings (SSSR count). The van der Waals surface area contributed by atoms with Crippen LogP contribution in [0.25, 0.3) is 0 Å². The minimum Gasteiger partial charge on any atom is -0.369 e. The predicted octanol–water partition coefficient (Wildman–Crippen LogP) is 4.08. The number of benzene rings is 2. The number of piperazine rings is 1. The van der Waals surface area contributed by atoms with Crippen LogP contribution < -0.4 is 4.90 Å². The first-order valence-electron chi connectivity index (χ1n) is 8.79. The summed E-state index contributed by atoms with van der Waals surface area (Å²) in [5.74, 6) is 0. The summed E-state index contributed by atoms with van der Waals surface area (Å²) in [5, 5.41) is 0.739. The molecule has 1 fully saturated rings. The minimum atomic E-state index is -3.48. The van der Waals surface area contributed by atoms with Crippen LogP contribution in [-0.2, 0) is 10.0 Å². The summed E-state index contributed by atoms with van der Waals surface area (Å²) in [6.45, 7) is 9.96. The molecule has 6 heteroatoms. The largest absolute Gasteiger partial charge is 0.369 e. The minimum absolute atomic E-state index is 0.454. The van der Waals surface area contributed by atoms with E-state index < -0.39 is 10.0 Å². The fraction of sp³-hybridized carbons (Fsp3) is 0.400. The smallest absolute Gasteiger partial charge is 0.243 e. The van der Waals surface area contributed by atoms with Gasteiger partial charge in [0, 0.05) is 36.9 Å². The van der Waals surface area contributed by atoms with E-state index in [2.05, 4.69) is 4.90 Å². The second-order valence-electron chi connectivity index (χ2n) is 7.05. The third-order valence-corrected chi connectivity index (χ3v) is 7.57. The standard InChI is InChI=1S/C20H25ClN2O2S/c1-14-11-16(3)20(17(4)12-14)26(24,25)23-9-7-22(8-10-23)18-6-5-15(2)19(21)13-18/h5-6,11-13H,7-10H2,1-4H3. The van der Waals surface area contributed by atoms with Crippen LogP contribution in [0, 0.1) is 27.7 Å². The van der Waals surface area contributed by atoms with Crippen LogP contribution >= 0.6 is 11.6 Å². The molecule has 1 aliphatic heterocycles. The molecule has 0 amide bonds. The number of rotatable bonds is 3. The zero-order valence-electron chi connectivity index (χ0n) is 15.7. The van der Waals surface area contributed by atoms with Crippen molar-refractivity contribution in [2.75, 3.05) is 31.1 Å². The van der Waals surface area contributed by atoms with Crippen molar-refractivity contribution in [3.05, 3.63) is 57.6 Å². The van der Waals surface area contributed by atoms with E-state index in [0.29, 0.717) is 31.1 Å². The van der Waals surface area contributed by atoms with Crippen LogP contribution in [0.2, 0.25) is 5.02 Å². The molecule has 0 bridgehead atoms. The molecule has 26 heavy (non-hydrogen) atoms. The molecule has 0 radical (unpaired) electrons. The SMILES string of the molecule is Cc1cc(C)c(S(=O)(=O)N2CCN(c3ccc(C)c(Cl)c3)CC2)c(C)c1. The molecule has 0 spiro atoms. The number of halogens is 1. The first-order chi connectivity index (χ1) is 12.2. The summed E-state index contributed by atoms with van der Waals surface area (Å²) in [6.07, 6.45) is 0. The molecule has 0 aromatic heterocycles. The van der Waals surface area contributed by atoms with E-state index in [9.17, 15) is 8.42 Å². The highest BCUT2D eigenvalue weighted by molar-refractivity contribution is 7.89. The topological polar surface area (TPSA) is 40.6 Å². The monoisotopic (exact) mass is 392 g/mol. The molecule has 0 atom stereocenters. The van der Waals surface area contributed by atoms with Gasteiger partial charge in [0.25, 0.3) is 0 Å². The van der Waals surface area contributed by atoms with Crippen molar-refractivity contribution in [2.45, 2.75) is 32.6 Å². The lowest BCUT2D eigenvalue weighted by Gasteiger charge is -2.36. The Morgan fingerprint density at radius 2 is 1.42 bits per heavy atom. The molecule has 4 nitrogen and oxygen atoms in total. The van der Waals surface area contributed by atoms with Crippen LogP contribution in [0.3, 0.4) is 0 Å². The summed E-state index contributed by atoms with van der Waals surface area (Å²) in [4.78, 5) is 2.64. The van der Waals surface area contributed by atoms with Crippen molar-refractivity contribution < 1.29 is 8.42 Å². The highest BCUT2D eigenvalue weighted by atomic mass is 35.5. The normalized spacial score (nSPS) is 16.1. The van der Waals surface area contributed by atoms with Crippen molar-refractivity contribution in [3.8, 4) is 0 Å². The van der Waals surface area contributed by atoms with E-state index in [4.69, 9.17) is 11.6 Å². The number of aryl methyl sites for hydroxylation is 4. The van der Waals surface area contributed by atoms with Crippen molar-refractivity contribution in [2.24, 2.45) is 0 Å². The summed E-state index contributed by atoms with van der Waals surface area (Å²) < 4.78 is 27.9. The molecule has 2 aromatic carbocycles. The van der Waals surface area contributed by atoms with Gasteiger partial charge in [-0.15, -0.1) is 0 Å². The highest BCUT2D eigenvalue weighted by Gasteiger charge is 2.31. The number of anilines is 1. The molecule has 140 valence electrons. The molecule has 0 aliphatic carbocycles. The van der Waals surface area contributed by atoms with Gasteiger partial charge in [0.1, 0.15) is 0 Å². The average Bonchev–Trinajstić information content (AvgIpc) is 2.56. The van der Waals surface area contributed by atoms with Crippen molar-refractivity contribution >= 4 is 27.3 Å². The average molecular weight is 393 g/mol. The Morgan fingerprint density at radius 1 is 0.846 bits per heavy atom. The zero-order chi connectivity index (χ0) is 19.1. The third-order valence-electron chi connectivity index (χ3n) is 4.96. The Kier molecular flexibility index (Phi) is 5.33. The van der Waals surface area contributed by atoms with Crippen molar-refractivity contribution in [1.82, 2.24) is 4.31 Å². The Bertz CT molecular complexity index is 910. The van der Waals surface area contributed by atoms with Crippen LogP contribution in [-0.4, -0.2) is 38.9 Å². The molecular formula is C20H25ClN2O2S. The molecule has 0 N–H and O–H groups in total. The summed E-state index contributed by atoms with van der Waals surface area (Å²) in [5.41, 5.74) is 4.80. The van der Waals surface area contributed by atoms with Gasteiger partial charge in [0.05, 0.1) is 4.90 Å². The van der Waals surface area contributed by atoms with Gasteiger partial charge in [-0.05, 0) is 56.5 Å². The fourth-order valence-electron chi connectivity index (χ4n) is 3.67. The van der Waals surface area contributed by atoms with Crippen molar-refractivity contribution in [1.29, 1.82) is 0 Å². The third kappa shape index (κ3) is 3.61. The maximum Gasteiger partial charge on any atom is 0.243 e. The summed E-state index contributed by atoms with van der Waals surface area (Å²) >= 11 is 6.23. The van der Waals surface area contributed by atoms with Crippen LogP contribution in [0.4, 0.5) is 5.69 Å². The van der Waals surface area contributed by atoms with Gasteiger partial charge in [-0.25, -0.2) is 8.42 Å². The molecule has 2 aromatic rings. The number of hydrogen-bond donors (Lipinski definition) is 0. The summed E-state index contributed by atoms with van der Waals surface area (Å²) in [7, 11) is -3.48. The molecule has 0 unspecified atom stereocenters. The Balaban J connectivity index is 1.80. The highest BCUT2D eigenvalue weighted by Crippen LogP contribution is 2.28. The van der Waals surface area contributed by atoms with Gasteiger partial charge >= 0.3 is 0 Å². The molecule has 1 heterocycles. The zero-order valence-corrected chi connectivity index (χ0v) is 17.3. The maximum absolute atomic E-state index is 13.2. The van der Waals surface area contributed by atoms with E-state index in [-0.39, 0.29) is 0 Å². The lowest BCUT2D eigenvalue weighted by Crippen LogP contribution is -2.48. The molecule has 1 aliphatic rings. The van der Waals surface area contributed by atoms with Gasteiger partial charge < -0.3 is 4.90 Å². The maximum atomic E-state index is 13.2. The lowest BCUT2D eigenvalue weighted by molar-refractivity contribution is 0.384. The van der Waals surface area contributed by atoms with Gasteiger partial charge in [0.15, 0.2) is 0 Å². The van der Waals surface area contributed by atoms with Crippen LogP contribution in [0.15, 0.2) is 35.2 Å². The van der Waals surface area contributed by atoms with E-state index in [1.807, 2.05) is 58.0 Å². The van der Waals surface area contributed by atoms with Crippen LogP contribution in [0.1, 0.15) is 22.3 Å². The Morgan fingerprint density at radius 3 is 1.96 bits per heavy atom. The van der Waals surface area contributed by atoms with Gasteiger partial charge in [-0.1, -0.05) is 35.4 Å². The van der Waals surface area contributed by atoms with Gasteiger partial charge in [-0.2, -0.15) is 4.31 Å². The Labute approximate surface area is 161 Å². The quantitative estimate of drug-likeness (QED) is 0.790. The second-order valence-corrected chi connectivity index (χ2v) is 9.33. The Hall–Kier alpha value is -1.56. The summed E-state index contributed by atoms with van der Waals surface area (Å²) in [6, 6.07) is 9.86. The first kappa shape index (κ1) is 19.2. The molecular weight excluding hydrogens is 368 g/mol. The molecule has 1 saturated heterocycles. The lowest BCUT2D eigenvalue weighted by atomic mass is 10.1. The fourth-order valence-corrected chi connectivity index (χ4v) is 5.68. The van der Waals surface area contributed by atoms with E-state index in [1.54, 1.807) is 4.31 Å². The number of sulfonamides is 1. The number of nitrogens with zero attached hydrogens (tertiary/aromatic N) is 2.